The number of alkyl halides is 2. The maximum atomic E-state index is 12.9. The van der Waals surface area contributed by atoms with Crippen molar-refractivity contribution in [1.29, 1.82) is 0 Å². The third-order valence-electron chi connectivity index (χ3n) is 3.98. The number of ether oxygens (including phenoxy) is 2. The van der Waals surface area contributed by atoms with Crippen LogP contribution in [0.25, 0.3) is 11.0 Å². The van der Waals surface area contributed by atoms with E-state index in [1.807, 2.05) is 0 Å². The molecule has 7 nitrogen and oxygen atoms in total. The number of esters is 2. The molecule has 0 amide bonds. The van der Waals surface area contributed by atoms with Gasteiger partial charge in [0, 0.05) is 11.8 Å². The largest absolute Gasteiger partial charge is 0.507 e. The van der Waals surface area contributed by atoms with E-state index in [-0.39, 0.29) is 28.5 Å². The molecule has 0 radical (unpaired) electrons. The van der Waals surface area contributed by atoms with Gasteiger partial charge in [-0.15, -0.1) is 23.2 Å². The molecule has 1 aromatic carbocycles. The van der Waals surface area contributed by atoms with Crippen molar-refractivity contribution in [2.75, 3.05) is 11.8 Å². The summed E-state index contributed by atoms with van der Waals surface area (Å²) >= 11 is 11.6. The highest BCUT2D eigenvalue weighted by molar-refractivity contribution is 6.20. The molecule has 0 fully saturated rings. The second kappa shape index (κ2) is 8.01. The molecule has 0 saturated heterocycles. The Hall–Kier alpha value is -2.25. The number of hydrogen-bond donors (Lipinski definition) is 1. The van der Waals surface area contributed by atoms with Gasteiger partial charge < -0.3 is 19.0 Å². The minimum Gasteiger partial charge on any atom is -0.507 e. The van der Waals surface area contributed by atoms with Crippen LogP contribution in [0.15, 0.2) is 27.4 Å². The molecule has 2 aromatic rings. The smallest absolute Gasteiger partial charge is 0.342 e. The highest BCUT2D eigenvalue weighted by Crippen LogP contribution is 2.34. The highest BCUT2D eigenvalue weighted by Gasteiger charge is 2.35. The van der Waals surface area contributed by atoms with Crippen LogP contribution in [0.2, 0.25) is 0 Å². The molecule has 0 bridgehead atoms. The Morgan fingerprint density at radius 1 is 1.04 bits per heavy atom. The third kappa shape index (κ3) is 4.25. The molecule has 0 aliphatic carbocycles. The van der Waals surface area contributed by atoms with Gasteiger partial charge in [0.2, 0.25) is 5.43 Å². The van der Waals surface area contributed by atoms with Crippen LogP contribution in [0.4, 0.5) is 0 Å². The van der Waals surface area contributed by atoms with Crippen molar-refractivity contribution < 1.29 is 28.6 Å². The fourth-order valence-corrected chi connectivity index (χ4v) is 2.12. The standard InChI is InChI=1S/C19H20Cl2O7/c1-18(2,8-20)16(24)27-14-13(23)12-10(22)6-5-7-11(12)26-15(14)28-17(25)19(3,4)9-21/h5-7,22H,8-9H2,1-4H3. The minimum atomic E-state index is -1.13. The molecular formula is C19H20Cl2O7. The summed E-state index contributed by atoms with van der Waals surface area (Å²) in [6.45, 7) is 6.11. The topological polar surface area (TPSA) is 103 Å². The lowest BCUT2D eigenvalue weighted by Gasteiger charge is -2.21. The average molecular weight is 431 g/mol. The number of benzene rings is 1. The second-order valence-corrected chi connectivity index (χ2v) is 8.05. The number of carbonyl (C=O) groups is 2. The molecule has 0 unspecified atom stereocenters. The van der Waals surface area contributed by atoms with E-state index in [9.17, 15) is 19.5 Å². The summed E-state index contributed by atoms with van der Waals surface area (Å²) < 4.78 is 15.8. The number of aromatic hydroxyl groups is 1. The van der Waals surface area contributed by atoms with Gasteiger partial charge in [-0.25, -0.2) is 0 Å². The van der Waals surface area contributed by atoms with E-state index in [1.54, 1.807) is 0 Å². The summed E-state index contributed by atoms with van der Waals surface area (Å²) in [5, 5.41) is 9.79. The Morgan fingerprint density at radius 2 is 1.57 bits per heavy atom. The summed E-state index contributed by atoms with van der Waals surface area (Å²) in [6, 6.07) is 4.11. The summed E-state index contributed by atoms with van der Waals surface area (Å²) in [5.74, 6) is -3.40. The van der Waals surface area contributed by atoms with Crippen LogP contribution in [0, 0.1) is 10.8 Å². The first-order chi connectivity index (χ1) is 12.9. The Balaban J connectivity index is 2.65. The highest BCUT2D eigenvalue weighted by atomic mass is 35.5. The van der Waals surface area contributed by atoms with Crippen LogP contribution in [-0.4, -0.2) is 28.8 Å². The van der Waals surface area contributed by atoms with Gasteiger partial charge in [-0.2, -0.15) is 0 Å². The molecule has 9 heteroatoms. The van der Waals surface area contributed by atoms with Crippen LogP contribution in [-0.2, 0) is 9.59 Å². The van der Waals surface area contributed by atoms with E-state index < -0.39 is 39.9 Å². The van der Waals surface area contributed by atoms with Crippen molar-refractivity contribution in [2.24, 2.45) is 10.8 Å². The summed E-state index contributed by atoms with van der Waals surface area (Å²) in [7, 11) is 0. The zero-order valence-electron chi connectivity index (χ0n) is 15.8. The van der Waals surface area contributed by atoms with Gasteiger partial charge in [-0.3, -0.25) is 14.4 Å². The Labute approximate surface area is 171 Å². The van der Waals surface area contributed by atoms with Crippen molar-refractivity contribution >= 4 is 46.1 Å². The Bertz CT molecular complexity index is 976. The number of fused-ring (bicyclic) bond motifs is 1. The maximum absolute atomic E-state index is 12.9. The van der Waals surface area contributed by atoms with Crippen LogP contribution in [0.1, 0.15) is 27.7 Å². The Morgan fingerprint density at radius 3 is 2.11 bits per heavy atom. The van der Waals surface area contributed by atoms with Gasteiger partial charge in [-0.1, -0.05) is 6.07 Å². The first kappa shape index (κ1) is 22.0. The van der Waals surface area contributed by atoms with Crippen molar-refractivity contribution in [3.8, 4) is 17.4 Å². The van der Waals surface area contributed by atoms with Gasteiger partial charge in [0.25, 0.3) is 5.75 Å². The molecule has 2 rings (SSSR count). The van der Waals surface area contributed by atoms with Crippen molar-refractivity contribution in [2.45, 2.75) is 27.7 Å². The van der Waals surface area contributed by atoms with Gasteiger partial charge in [0.05, 0.1) is 10.8 Å². The molecular weight excluding hydrogens is 411 g/mol. The molecule has 0 saturated carbocycles. The van der Waals surface area contributed by atoms with Crippen LogP contribution >= 0.6 is 23.2 Å². The molecule has 0 atom stereocenters. The van der Waals surface area contributed by atoms with Crippen LogP contribution in [0.3, 0.4) is 0 Å². The monoisotopic (exact) mass is 430 g/mol. The lowest BCUT2D eigenvalue weighted by atomic mass is 9.97. The van der Waals surface area contributed by atoms with Crippen molar-refractivity contribution in [3.63, 3.8) is 0 Å². The number of carbonyl (C=O) groups excluding carboxylic acids is 2. The zero-order chi connectivity index (χ0) is 21.3. The lowest BCUT2D eigenvalue weighted by molar-refractivity contribution is -0.146. The predicted molar refractivity (Wildman–Crippen MR) is 104 cm³/mol. The van der Waals surface area contributed by atoms with Crippen molar-refractivity contribution in [3.05, 3.63) is 28.4 Å². The van der Waals surface area contributed by atoms with E-state index in [0.29, 0.717) is 0 Å². The molecule has 28 heavy (non-hydrogen) atoms. The maximum Gasteiger partial charge on any atom is 0.342 e. The quantitative estimate of drug-likeness (QED) is 0.548. The van der Waals surface area contributed by atoms with Gasteiger partial charge >= 0.3 is 17.9 Å². The lowest BCUT2D eigenvalue weighted by Crippen LogP contribution is -2.33. The molecule has 0 aliphatic heterocycles. The fraction of sp³-hybridized carbons (Fsp3) is 0.421. The van der Waals surface area contributed by atoms with E-state index in [0.717, 1.165) is 0 Å². The summed E-state index contributed by atoms with van der Waals surface area (Å²) in [4.78, 5) is 37.7. The van der Waals surface area contributed by atoms with Crippen LogP contribution < -0.4 is 14.9 Å². The van der Waals surface area contributed by atoms with E-state index in [1.165, 1.54) is 45.9 Å². The number of hydrogen-bond acceptors (Lipinski definition) is 7. The molecule has 152 valence electrons. The normalized spacial score (nSPS) is 12.1. The van der Waals surface area contributed by atoms with Gasteiger partial charge in [-0.05, 0) is 39.8 Å². The van der Waals surface area contributed by atoms with Crippen LogP contribution in [0.5, 0.6) is 17.4 Å². The number of phenols is 1. The van der Waals surface area contributed by atoms with Crippen molar-refractivity contribution in [1.82, 2.24) is 0 Å². The molecule has 1 heterocycles. The Kier molecular flexibility index (Phi) is 6.31. The predicted octanol–water partition coefficient (Wildman–Crippen LogP) is 3.84. The van der Waals surface area contributed by atoms with Gasteiger partial charge in [0.1, 0.15) is 16.7 Å². The molecule has 1 N–H and O–H groups in total. The van der Waals surface area contributed by atoms with E-state index in [4.69, 9.17) is 37.1 Å². The fourth-order valence-electron chi connectivity index (χ4n) is 1.90. The SMILES string of the molecule is CC(C)(CCl)C(=O)Oc1oc2cccc(O)c2c(=O)c1OC(=O)C(C)(C)CCl. The minimum absolute atomic E-state index is 0.0483. The number of phenolic OH excluding ortho intramolecular Hbond substituents is 1. The molecule has 1 aromatic heterocycles. The number of halogens is 2. The first-order valence-electron chi connectivity index (χ1n) is 8.30. The van der Waals surface area contributed by atoms with E-state index >= 15 is 0 Å². The van der Waals surface area contributed by atoms with E-state index in [2.05, 4.69) is 0 Å². The molecule has 0 spiro atoms. The zero-order valence-corrected chi connectivity index (χ0v) is 17.3. The second-order valence-electron chi connectivity index (χ2n) is 7.51. The first-order valence-corrected chi connectivity index (χ1v) is 9.37. The third-order valence-corrected chi connectivity index (χ3v) is 5.32. The summed E-state index contributed by atoms with van der Waals surface area (Å²) in [6.07, 6.45) is 0. The number of rotatable bonds is 6. The van der Waals surface area contributed by atoms with Gasteiger partial charge in [0.15, 0.2) is 0 Å². The summed E-state index contributed by atoms with van der Waals surface area (Å²) in [5.41, 5.74) is -3.14. The average Bonchev–Trinajstić information content (AvgIpc) is 2.64. The molecule has 0 aliphatic rings.